The van der Waals surface area contributed by atoms with Crippen LogP contribution in [0.2, 0.25) is 0 Å². The molecule has 0 spiro atoms. The minimum Gasteiger partial charge on any atom is -0.353 e. The Morgan fingerprint density at radius 3 is 2.54 bits per heavy atom. The molecule has 1 aromatic rings. The van der Waals surface area contributed by atoms with Gasteiger partial charge in [-0.15, -0.1) is 0 Å². The highest BCUT2D eigenvalue weighted by Gasteiger charge is 2.32. The summed E-state index contributed by atoms with van der Waals surface area (Å²) in [4.78, 5) is 28.6. The molecule has 0 aromatic heterocycles. The first-order valence-electron chi connectivity index (χ1n) is 9.19. The predicted molar refractivity (Wildman–Crippen MR) is 95.3 cm³/mol. The van der Waals surface area contributed by atoms with E-state index in [4.69, 9.17) is 0 Å². The lowest BCUT2D eigenvalue weighted by molar-refractivity contribution is -0.139. The minimum absolute atomic E-state index is 0.0500. The lowest BCUT2D eigenvalue weighted by Crippen LogP contribution is -2.56. The fourth-order valence-electron chi connectivity index (χ4n) is 3.24. The van der Waals surface area contributed by atoms with Crippen molar-refractivity contribution in [2.75, 3.05) is 26.2 Å². The molecule has 0 radical (unpaired) electrons. The van der Waals surface area contributed by atoms with Gasteiger partial charge in [-0.1, -0.05) is 19.9 Å². The van der Waals surface area contributed by atoms with Crippen molar-refractivity contribution in [3.05, 3.63) is 35.4 Å². The van der Waals surface area contributed by atoms with E-state index in [0.29, 0.717) is 38.3 Å². The molecule has 2 rings (SSSR count). The minimum atomic E-state index is -0.909. The Balaban J connectivity index is 2.10. The summed E-state index contributed by atoms with van der Waals surface area (Å²) in [6.45, 7) is 6.70. The normalized spacial score (nSPS) is 17.8. The summed E-state index contributed by atoms with van der Waals surface area (Å²) < 4.78 is 26.6. The van der Waals surface area contributed by atoms with E-state index in [1.165, 1.54) is 6.07 Å². The molecule has 0 saturated carbocycles. The first-order chi connectivity index (χ1) is 12.5. The number of carbonyl (C=O) groups is 2. The van der Waals surface area contributed by atoms with Gasteiger partial charge in [-0.05, 0) is 30.5 Å². The molecule has 7 heteroatoms. The van der Waals surface area contributed by atoms with Crippen LogP contribution in [-0.4, -0.2) is 53.8 Å². The van der Waals surface area contributed by atoms with Gasteiger partial charge in [-0.25, -0.2) is 8.78 Å². The average Bonchev–Trinajstić information content (AvgIpc) is 2.61. The average molecular weight is 367 g/mol. The molecule has 26 heavy (non-hydrogen) atoms. The van der Waals surface area contributed by atoms with Crippen LogP contribution < -0.4 is 5.32 Å². The van der Waals surface area contributed by atoms with Gasteiger partial charge in [0.05, 0.1) is 12.5 Å². The molecule has 1 heterocycles. The maximum atomic E-state index is 13.5. The maximum Gasteiger partial charge on any atom is 0.237 e. The van der Waals surface area contributed by atoms with Gasteiger partial charge in [0.1, 0.15) is 0 Å². The second-order valence-corrected chi connectivity index (χ2v) is 6.61. The van der Waals surface area contributed by atoms with Crippen LogP contribution in [0.15, 0.2) is 18.2 Å². The van der Waals surface area contributed by atoms with E-state index >= 15 is 0 Å². The van der Waals surface area contributed by atoms with Crippen molar-refractivity contribution in [2.45, 2.75) is 45.7 Å². The van der Waals surface area contributed by atoms with Crippen LogP contribution in [0.3, 0.4) is 0 Å². The molecule has 1 atom stereocenters. The van der Waals surface area contributed by atoms with Crippen molar-refractivity contribution < 1.29 is 18.4 Å². The molecule has 0 unspecified atom stereocenters. The van der Waals surface area contributed by atoms with E-state index < -0.39 is 17.7 Å². The van der Waals surface area contributed by atoms with Gasteiger partial charge in [0.2, 0.25) is 11.8 Å². The van der Waals surface area contributed by atoms with Crippen LogP contribution in [-0.2, 0) is 16.1 Å². The van der Waals surface area contributed by atoms with Crippen molar-refractivity contribution in [1.82, 2.24) is 15.1 Å². The Hall–Kier alpha value is -2.02. The smallest absolute Gasteiger partial charge is 0.237 e. The number of benzene rings is 1. The zero-order valence-corrected chi connectivity index (χ0v) is 15.4. The molecule has 5 nitrogen and oxygen atoms in total. The topological polar surface area (TPSA) is 52.7 Å². The fourth-order valence-corrected chi connectivity index (χ4v) is 3.24. The van der Waals surface area contributed by atoms with Crippen LogP contribution in [0.4, 0.5) is 8.78 Å². The van der Waals surface area contributed by atoms with Crippen molar-refractivity contribution in [2.24, 2.45) is 0 Å². The van der Waals surface area contributed by atoms with Gasteiger partial charge in [0.15, 0.2) is 11.6 Å². The molecule has 1 fully saturated rings. The Kier molecular flexibility index (Phi) is 7.50. The molecular formula is C19H27F2N3O2. The second-order valence-electron chi connectivity index (χ2n) is 6.61. The van der Waals surface area contributed by atoms with E-state index in [0.717, 1.165) is 25.0 Å². The van der Waals surface area contributed by atoms with Gasteiger partial charge in [-0.2, -0.15) is 0 Å². The SMILES string of the molecule is CCCN(CCC)C(=O)C[C@H]1C(=O)NCCN1Cc1ccc(F)c(F)c1. The number of hydrogen-bond donors (Lipinski definition) is 1. The van der Waals surface area contributed by atoms with Gasteiger partial charge >= 0.3 is 0 Å². The Labute approximate surface area is 153 Å². The third-order valence-electron chi connectivity index (χ3n) is 4.52. The van der Waals surface area contributed by atoms with E-state index in [1.54, 1.807) is 4.90 Å². The van der Waals surface area contributed by atoms with E-state index in [2.05, 4.69) is 5.32 Å². The summed E-state index contributed by atoms with van der Waals surface area (Å²) >= 11 is 0. The molecule has 0 aliphatic carbocycles. The quantitative estimate of drug-likeness (QED) is 0.767. The number of amides is 2. The number of halogens is 2. The molecule has 1 saturated heterocycles. The maximum absolute atomic E-state index is 13.5. The van der Waals surface area contributed by atoms with Gasteiger partial charge in [-0.3, -0.25) is 14.5 Å². The molecule has 1 aromatic carbocycles. The molecule has 0 bridgehead atoms. The summed E-state index contributed by atoms with van der Waals surface area (Å²) in [5, 5.41) is 2.79. The van der Waals surface area contributed by atoms with E-state index in [-0.39, 0.29) is 18.2 Å². The molecule has 1 aliphatic heterocycles. The second kappa shape index (κ2) is 9.62. The van der Waals surface area contributed by atoms with E-state index in [1.807, 2.05) is 18.7 Å². The third-order valence-corrected chi connectivity index (χ3v) is 4.52. The van der Waals surface area contributed by atoms with Gasteiger partial charge in [0, 0.05) is 32.7 Å². The molecular weight excluding hydrogens is 340 g/mol. The predicted octanol–water partition coefficient (Wildman–Crippen LogP) is 2.30. The van der Waals surface area contributed by atoms with Crippen molar-refractivity contribution in [3.63, 3.8) is 0 Å². The van der Waals surface area contributed by atoms with E-state index in [9.17, 15) is 18.4 Å². The first-order valence-corrected chi connectivity index (χ1v) is 9.19. The van der Waals surface area contributed by atoms with Crippen molar-refractivity contribution in [1.29, 1.82) is 0 Å². The van der Waals surface area contributed by atoms with Crippen LogP contribution in [0.5, 0.6) is 0 Å². The Bertz CT molecular complexity index is 633. The standard InChI is InChI=1S/C19H27F2N3O2/c1-3-8-23(9-4-2)18(25)12-17-19(26)22-7-10-24(17)13-14-5-6-15(20)16(21)11-14/h5-6,11,17H,3-4,7-10,12-13H2,1-2H3,(H,22,26)/t17-/m0/s1. The largest absolute Gasteiger partial charge is 0.353 e. The number of nitrogens with one attached hydrogen (secondary N) is 1. The highest BCUT2D eigenvalue weighted by molar-refractivity contribution is 5.88. The molecule has 1 N–H and O–H groups in total. The van der Waals surface area contributed by atoms with Crippen molar-refractivity contribution >= 4 is 11.8 Å². The van der Waals surface area contributed by atoms with Gasteiger partial charge < -0.3 is 10.2 Å². The zero-order chi connectivity index (χ0) is 19.1. The molecule has 144 valence electrons. The summed E-state index contributed by atoms with van der Waals surface area (Å²) in [5.74, 6) is -2.05. The Morgan fingerprint density at radius 2 is 1.92 bits per heavy atom. The number of piperazine rings is 1. The Morgan fingerprint density at radius 1 is 1.23 bits per heavy atom. The summed E-state index contributed by atoms with van der Waals surface area (Å²) in [5.41, 5.74) is 0.579. The highest BCUT2D eigenvalue weighted by Crippen LogP contribution is 2.17. The molecule has 1 aliphatic rings. The third kappa shape index (κ3) is 5.24. The highest BCUT2D eigenvalue weighted by atomic mass is 19.2. The van der Waals surface area contributed by atoms with Crippen LogP contribution in [0.25, 0.3) is 0 Å². The monoisotopic (exact) mass is 367 g/mol. The zero-order valence-electron chi connectivity index (χ0n) is 15.4. The number of carbonyl (C=O) groups excluding carboxylic acids is 2. The summed E-state index contributed by atoms with van der Waals surface area (Å²) in [6, 6.07) is 3.13. The van der Waals surface area contributed by atoms with Crippen LogP contribution >= 0.6 is 0 Å². The lowest BCUT2D eigenvalue weighted by atomic mass is 10.1. The number of nitrogens with zero attached hydrogens (tertiary/aromatic N) is 2. The van der Waals surface area contributed by atoms with Gasteiger partial charge in [0.25, 0.3) is 0 Å². The fraction of sp³-hybridized carbons (Fsp3) is 0.579. The van der Waals surface area contributed by atoms with Crippen LogP contribution in [0.1, 0.15) is 38.7 Å². The van der Waals surface area contributed by atoms with Crippen molar-refractivity contribution in [3.8, 4) is 0 Å². The van der Waals surface area contributed by atoms with Crippen LogP contribution in [0, 0.1) is 11.6 Å². The summed E-state index contributed by atoms with van der Waals surface area (Å²) in [6.07, 6.45) is 1.82. The lowest BCUT2D eigenvalue weighted by Gasteiger charge is -2.35. The first kappa shape index (κ1) is 20.3. The number of rotatable bonds is 8. The summed E-state index contributed by atoms with van der Waals surface area (Å²) in [7, 11) is 0. The molecule has 2 amide bonds. The number of hydrogen-bond acceptors (Lipinski definition) is 3.